The first kappa shape index (κ1) is 14.5. The van der Waals surface area contributed by atoms with E-state index >= 15 is 0 Å². The Labute approximate surface area is 120 Å². The third kappa shape index (κ3) is 3.33. The van der Waals surface area contributed by atoms with Gasteiger partial charge in [0.05, 0.1) is 9.89 Å². The second-order valence-corrected chi connectivity index (χ2v) is 8.86. The van der Waals surface area contributed by atoms with Crippen molar-refractivity contribution in [3.05, 3.63) is 15.4 Å². The smallest absolute Gasteiger partial charge is 0.250 e. The lowest BCUT2D eigenvalue weighted by Gasteiger charge is -2.27. The lowest BCUT2D eigenvalue weighted by Crippen LogP contribution is -2.40. The summed E-state index contributed by atoms with van der Waals surface area (Å²) in [6, 6.07) is 1.67. The van der Waals surface area contributed by atoms with Crippen molar-refractivity contribution in [3.8, 4) is 0 Å². The number of halogens is 1. The molecule has 0 aliphatic carbocycles. The number of sulfonamides is 1. The predicted molar refractivity (Wildman–Crippen MR) is 75.5 cm³/mol. The molecule has 1 N–H and O–H groups in total. The average Bonchev–Trinajstić information content (AvgIpc) is 2.59. The van der Waals surface area contributed by atoms with Crippen LogP contribution >= 0.6 is 27.3 Å². The van der Waals surface area contributed by atoms with E-state index in [-0.39, 0.29) is 12.1 Å². The zero-order chi connectivity index (χ0) is 13.3. The van der Waals surface area contributed by atoms with E-state index in [9.17, 15) is 8.42 Å². The fourth-order valence-electron chi connectivity index (χ4n) is 1.95. The normalized spacial score (nSPS) is 25.3. The molecule has 4 nitrogen and oxygen atoms in total. The first-order valence-corrected chi connectivity index (χ1v) is 8.87. The number of rotatable bonds is 3. The van der Waals surface area contributed by atoms with E-state index in [1.807, 2.05) is 13.8 Å². The summed E-state index contributed by atoms with van der Waals surface area (Å²) >= 11 is 4.60. The molecule has 2 heterocycles. The molecule has 1 aliphatic rings. The summed E-state index contributed by atoms with van der Waals surface area (Å²) in [5, 5.41) is 0. The summed E-state index contributed by atoms with van der Waals surface area (Å²) in [5.74, 6) is 0. The van der Waals surface area contributed by atoms with Gasteiger partial charge in [0, 0.05) is 12.6 Å². The van der Waals surface area contributed by atoms with Gasteiger partial charge in [0.2, 0.25) is 10.0 Å². The van der Waals surface area contributed by atoms with Crippen molar-refractivity contribution < 1.29 is 13.2 Å². The summed E-state index contributed by atoms with van der Waals surface area (Å²) in [6.07, 6.45) is 1.57. The van der Waals surface area contributed by atoms with Crippen LogP contribution in [0.4, 0.5) is 0 Å². The molecule has 2 rings (SSSR count). The molecular weight excluding hydrogens is 338 g/mol. The van der Waals surface area contributed by atoms with Crippen LogP contribution in [0.15, 0.2) is 14.1 Å². The second-order valence-electron chi connectivity index (χ2n) is 4.55. The highest BCUT2D eigenvalue weighted by Crippen LogP contribution is 2.30. The molecule has 102 valence electrons. The van der Waals surface area contributed by atoms with Gasteiger partial charge in [0.15, 0.2) is 0 Å². The maximum absolute atomic E-state index is 12.2. The van der Waals surface area contributed by atoms with Crippen molar-refractivity contribution in [3.63, 3.8) is 0 Å². The monoisotopic (exact) mass is 353 g/mol. The number of hydrogen-bond donors (Lipinski definition) is 1. The van der Waals surface area contributed by atoms with Gasteiger partial charge in [0.1, 0.15) is 4.21 Å². The van der Waals surface area contributed by atoms with Crippen molar-refractivity contribution in [2.24, 2.45) is 0 Å². The molecule has 0 radical (unpaired) electrons. The van der Waals surface area contributed by atoms with Gasteiger partial charge in [-0.1, -0.05) is 0 Å². The zero-order valence-electron chi connectivity index (χ0n) is 10.3. The van der Waals surface area contributed by atoms with E-state index in [2.05, 4.69) is 20.7 Å². The largest absolute Gasteiger partial charge is 0.378 e. The third-order valence-corrected chi connectivity index (χ3v) is 7.04. The van der Waals surface area contributed by atoms with Crippen molar-refractivity contribution >= 4 is 37.3 Å². The van der Waals surface area contributed by atoms with Crippen LogP contribution in [0.3, 0.4) is 0 Å². The molecule has 0 spiro atoms. The maximum Gasteiger partial charge on any atom is 0.250 e. The van der Waals surface area contributed by atoms with Gasteiger partial charge in [-0.25, -0.2) is 13.1 Å². The van der Waals surface area contributed by atoms with Crippen LogP contribution in [0.5, 0.6) is 0 Å². The SMILES string of the molecule is Cc1cc(S(=O)(=O)NC2CCOC(C)C2)sc1Br. The van der Waals surface area contributed by atoms with Gasteiger partial charge in [-0.2, -0.15) is 0 Å². The average molecular weight is 354 g/mol. The first-order valence-electron chi connectivity index (χ1n) is 5.78. The Hall–Kier alpha value is 0.0500. The van der Waals surface area contributed by atoms with E-state index < -0.39 is 10.0 Å². The van der Waals surface area contributed by atoms with Gasteiger partial charge in [-0.3, -0.25) is 0 Å². The van der Waals surface area contributed by atoms with E-state index in [0.717, 1.165) is 22.2 Å². The van der Waals surface area contributed by atoms with Crippen molar-refractivity contribution in [1.29, 1.82) is 0 Å². The molecule has 0 aromatic carbocycles. The molecule has 0 amide bonds. The zero-order valence-corrected chi connectivity index (χ0v) is 13.5. The molecule has 1 aliphatic heterocycles. The van der Waals surface area contributed by atoms with Crippen molar-refractivity contribution in [2.75, 3.05) is 6.61 Å². The molecular formula is C11H16BrNO3S2. The molecule has 2 unspecified atom stereocenters. The minimum Gasteiger partial charge on any atom is -0.378 e. The lowest BCUT2D eigenvalue weighted by molar-refractivity contribution is 0.0173. The highest BCUT2D eigenvalue weighted by molar-refractivity contribution is 9.11. The Morgan fingerprint density at radius 3 is 2.83 bits per heavy atom. The lowest BCUT2D eigenvalue weighted by atomic mass is 10.1. The van der Waals surface area contributed by atoms with Gasteiger partial charge >= 0.3 is 0 Å². The Morgan fingerprint density at radius 2 is 2.28 bits per heavy atom. The highest BCUT2D eigenvalue weighted by Gasteiger charge is 2.26. The van der Waals surface area contributed by atoms with E-state index in [4.69, 9.17) is 4.74 Å². The summed E-state index contributed by atoms with van der Waals surface area (Å²) < 4.78 is 33.8. The standard InChI is InChI=1S/C11H16BrNO3S2/c1-7-5-10(17-11(7)12)18(14,15)13-9-3-4-16-8(2)6-9/h5,8-9,13H,3-4,6H2,1-2H3. The Balaban J connectivity index is 2.12. The second kappa shape index (κ2) is 5.58. The molecule has 7 heteroatoms. The number of thiophene rings is 1. The van der Waals surface area contributed by atoms with E-state index in [0.29, 0.717) is 10.8 Å². The number of aryl methyl sites for hydroxylation is 1. The molecule has 1 aromatic heterocycles. The van der Waals surface area contributed by atoms with Crippen LogP contribution < -0.4 is 4.72 Å². The topological polar surface area (TPSA) is 55.4 Å². The molecule has 1 aromatic rings. The fraction of sp³-hybridized carbons (Fsp3) is 0.636. The van der Waals surface area contributed by atoms with Crippen molar-refractivity contribution in [2.45, 2.75) is 43.0 Å². The molecule has 18 heavy (non-hydrogen) atoms. The quantitative estimate of drug-likeness (QED) is 0.908. The van der Waals surface area contributed by atoms with Crippen molar-refractivity contribution in [1.82, 2.24) is 4.72 Å². The van der Waals surface area contributed by atoms with Gasteiger partial charge in [-0.15, -0.1) is 11.3 Å². The molecule has 1 saturated heterocycles. The number of ether oxygens (including phenoxy) is 1. The van der Waals surface area contributed by atoms with Crippen LogP contribution in [0, 0.1) is 6.92 Å². The van der Waals surface area contributed by atoms with Crippen LogP contribution in [-0.4, -0.2) is 27.2 Å². The van der Waals surface area contributed by atoms with E-state index in [1.165, 1.54) is 11.3 Å². The Kier molecular flexibility index (Phi) is 4.48. The molecule has 2 atom stereocenters. The summed E-state index contributed by atoms with van der Waals surface area (Å²) in [4.78, 5) is 0. The maximum atomic E-state index is 12.2. The van der Waals surface area contributed by atoms with Gasteiger partial charge in [0.25, 0.3) is 0 Å². The Morgan fingerprint density at radius 1 is 1.56 bits per heavy atom. The van der Waals surface area contributed by atoms with Crippen LogP contribution in [0.25, 0.3) is 0 Å². The highest BCUT2D eigenvalue weighted by atomic mass is 79.9. The number of nitrogens with one attached hydrogen (secondary N) is 1. The van der Waals surface area contributed by atoms with Crippen LogP contribution in [-0.2, 0) is 14.8 Å². The fourth-order valence-corrected chi connectivity index (χ4v) is 5.47. The van der Waals surface area contributed by atoms with E-state index in [1.54, 1.807) is 6.07 Å². The van der Waals surface area contributed by atoms with Gasteiger partial charge in [-0.05, 0) is 54.2 Å². The van der Waals surface area contributed by atoms with Crippen LogP contribution in [0.2, 0.25) is 0 Å². The minimum atomic E-state index is -3.40. The Bertz CT molecular complexity index is 507. The van der Waals surface area contributed by atoms with Gasteiger partial charge < -0.3 is 4.74 Å². The molecule has 0 bridgehead atoms. The summed E-state index contributed by atoms with van der Waals surface area (Å²) in [7, 11) is -3.40. The minimum absolute atomic E-state index is 0.0278. The molecule has 0 saturated carbocycles. The predicted octanol–water partition coefficient (Wildman–Crippen LogP) is 2.66. The third-order valence-electron chi connectivity index (χ3n) is 2.91. The van der Waals surface area contributed by atoms with Crippen LogP contribution in [0.1, 0.15) is 25.3 Å². The first-order chi connectivity index (χ1) is 8.38. The summed E-state index contributed by atoms with van der Waals surface area (Å²) in [5.41, 5.74) is 0.945. The number of hydrogen-bond acceptors (Lipinski definition) is 4. The molecule has 1 fully saturated rings. The summed E-state index contributed by atoms with van der Waals surface area (Å²) in [6.45, 7) is 4.46.